The van der Waals surface area contributed by atoms with Gasteiger partial charge in [-0.15, -0.1) is 0 Å². The second-order valence-electron chi connectivity index (χ2n) is 31.4. The molecule has 24 heteroatoms. The number of hydrogen-bond donors (Lipinski definition) is 0. The first-order valence-corrected chi connectivity index (χ1v) is 41.7. The maximum Gasteiger partial charge on any atom is 0.228 e. The van der Waals surface area contributed by atoms with E-state index in [0.29, 0.717) is 63.7 Å². The Hall–Kier alpha value is -15.7. The van der Waals surface area contributed by atoms with E-state index in [1.807, 2.05) is 51.1 Å². The van der Waals surface area contributed by atoms with Gasteiger partial charge in [0.15, 0.2) is 0 Å². The highest BCUT2D eigenvalue weighted by Crippen LogP contribution is 2.34. The number of carbonyl (C=O) groups is 6. The number of likely N-dealkylation sites (N-methyl/N-ethyl adjacent to an activating group) is 6. The van der Waals surface area contributed by atoms with Gasteiger partial charge in [0.1, 0.15) is 33.9 Å². The molecule has 0 aliphatic rings. The van der Waals surface area contributed by atoms with Gasteiger partial charge in [-0.3, -0.25) is 28.8 Å². The molecule has 0 fully saturated rings. The van der Waals surface area contributed by atoms with Crippen LogP contribution in [0.5, 0.6) is 0 Å². The van der Waals surface area contributed by atoms with E-state index in [-0.39, 0.29) is 141 Å². The van der Waals surface area contributed by atoms with Crippen molar-refractivity contribution in [2.45, 2.75) is 121 Å². The third kappa shape index (κ3) is 24.1. The molecular weight excluding hydrogens is 1720 g/mol. The minimum Gasteiger partial charge on any atom is -0.348 e. The van der Waals surface area contributed by atoms with Crippen molar-refractivity contribution in [3.63, 3.8) is 0 Å². The number of aromatic nitrogens is 12. The second-order valence-corrected chi connectivity index (χ2v) is 31.4. The third-order valence-corrected chi connectivity index (χ3v) is 20.3. The molecule has 0 aliphatic heterocycles. The summed E-state index contributed by atoms with van der Waals surface area (Å²) in [7, 11) is 5.87. The van der Waals surface area contributed by atoms with E-state index in [2.05, 4.69) is 29.9 Å². The molecule has 0 aliphatic carbocycles. The van der Waals surface area contributed by atoms with Crippen LogP contribution in [0.2, 0.25) is 0 Å². The molecule has 18 rings (SSSR count). The smallest absolute Gasteiger partial charge is 0.228 e. The van der Waals surface area contributed by atoms with E-state index in [0.717, 1.165) is 85.7 Å². The Bertz CT molecular complexity index is 9960. The number of hydrogen-bond acceptors (Lipinski definition) is 12. The lowest BCUT2D eigenvalue weighted by Gasteiger charge is -2.11. The standard InChI is InChI=1S/6C19H21N3O/c6*1-13-5-8-15(9-6-13)19-16(11-18(23)21(3)4)22-12-14(2)7-10-17(22)20-19/h6*5-10,12H,11H2,1-4H3/i2D3,3D3,5D,6D,8D,9D,11D2;3D3,5D,6D,8D,9D,11D2;1D3,2D3,3D3,11D2;2D3,3D3,11D2;1D3,3D3,11D2;3D3,11D2. The predicted octanol–water partition coefficient (Wildman–Crippen LogP) is 19.5. The molecule has 0 bridgehead atoms. The number of imidazole rings is 6. The Morgan fingerprint density at radius 1 is 0.225 bits per heavy atom. The highest BCUT2D eigenvalue weighted by molar-refractivity contribution is 5.87. The zero-order valence-corrected chi connectivity index (χ0v) is 76.6. The van der Waals surface area contributed by atoms with E-state index in [1.165, 1.54) is 129 Å². The maximum atomic E-state index is 13.0. The molecule has 12 aromatic heterocycles. The fourth-order valence-corrected chi connectivity index (χ4v) is 13.2. The molecule has 6 amide bonds. The topological polar surface area (TPSA) is 226 Å². The van der Waals surface area contributed by atoms with Gasteiger partial charge in [0.05, 0.1) is 118 Å². The number of carbonyl (C=O) groups excluding carboxylic acids is 6. The molecule has 0 saturated carbocycles. The highest BCUT2D eigenvalue weighted by Gasteiger charge is 2.26. The SMILES string of the molecule is [2H]C([2H])(C(=O)N(C)C([2H])([2H])[2H])c1c(-c2ccc(C)cc2)nc2ccc(C)cn12.[2H]C([2H])([2H])c1ccc(-c2nc3ccc(C([2H])([2H])[2H])cn3c2C([2H])([2H])C(=O)N(C)C([2H])([2H])[2H])cc1.[2H]C([2H])([2H])c1ccc(-c2nc3ccc(C)cn3c2C([2H])([2H])C(=O)N(C)C([2H])([2H])[2H])cc1.[2H]C([2H])([2H])c1ccc2nc(-c3ccc(C)cc3)c(C([2H])([2H])C(=O)N(C)C([2H])([2H])[2H])n2c1.[2H]c1c([2H])c(-c2nc3ccc(C([2H])([2H])[2H])cn3c2C([2H])([2H])C(=O)N(C)C([2H])([2H])[2H])c([2H])c([2H])c1C.[2H]c1c([2H])c(-c2nc3ccc(C)cn3c2C([2H])([2H])C(=O)N(C)C([2H])([2H])[2H])c([2H])c([2H])c1C. The van der Waals surface area contributed by atoms with Crippen LogP contribution in [-0.4, -0.2) is 205 Å². The molecule has 0 N–H and O–H groups in total. The van der Waals surface area contributed by atoms with Gasteiger partial charge in [0.2, 0.25) is 35.4 Å². The molecule has 0 unspecified atom stereocenters. The Kier molecular flexibility index (Phi) is 16.3. The summed E-state index contributed by atoms with van der Waals surface area (Å²) >= 11 is 0. The fraction of sp³-hybridized carbons (Fsp3) is 0.263. The summed E-state index contributed by atoms with van der Waals surface area (Å²) in [5.41, 5.74) is 4.73. The Balaban J connectivity index is 0.000000185. The van der Waals surface area contributed by atoms with Gasteiger partial charge in [0, 0.05) is 216 Å². The molecule has 0 spiro atoms. The average Bonchev–Trinajstić information content (AvgIpc) is 1.57. The number of benzene rings is 6. The first-order chi connectivity index (χ1) is 87.0. The number of pyridine rings is 6. The number of amides is 6. The predicted molar refractivity (Wildman–Crippen MR) is 555 cm³/mol. The fourth-order valence-electron chi connectivity index (χ4n) is 13.2. The Morgan fingerprint density at radius 3 is 0.580 bits per heavy atom. The van der Waals surface area contributed by atoms with E-state index >= 15 is 0 Å². The van der Waals surface area contributed by atoms with Crippen molar-refractivity contribution >= 4 is 69.3 Å². The summed E-state index contributed by atoms with van der Waals surface area (Å²) < 4.78 is 425. The summed E-state index contributed by atoms with van der Waals surface area (Å²) in [5, 5.41) is 0. The summed E-state index contributed by atoms with van der Waals surface area (Å²) in [4.78, 5) is 106. The molecule has 6 aromatic carbocycles. The maximum absolute atomic E-state index is 13.0. The number of aryl methyl sites for hydroxylation is 10. The van der Waals surface area contributed by atoms with E-state index in [4.69, 9.17) is 72.7 Å². The van der Waals surface area contributed by atoms with Crippen LogP contribution < -0.4 is 0 Å². The van der Waals surface area contributed by atoms with Crippen LogP contribution in [0.4, 0.5) is 0 Å². The largest absolute Gasteiger partial charge is 0.348 e. The Labute approximate surface area is 883 Å². The van der Waals surface area contributed by atoms with Crippen LogP contribution in [-0.2, 0) is 67.0 Å². The van der Waals surface area contributed by atoms with Crippen molar-refractivity contribution in [1.29, 1.82) is 0 Å². The number of fused-ring (bicyclic) bond motifs is 6. The first kappa shape index (κ1) is 51.3. The molecule has 0 saturated heterocycles. The molecule has 138 heavy (non-hydrogen) atoms. The highest BCUT2D eigenvalue weighted by atomic mass is 16.2. The molecular formula is C114H126N18O6. The Morgan fingerprint density at radius 2 is 0.391 bits per heavy atom. The van der Waals surface area contributed by atoms with Crippen LogP contribution in [0.15, 0.2) is 255 Å². The molecule has 12 heterocycles. The van der Waals surface area contributed by atoms with Gasteiger partial charge < -0.3 is 55.8 Å². The van der Waals surface area contributed by atoms with Crippen LogP contribution in [0.25, 0.3) is 101 Å². The van der Waals surface area contributed by atoms with Gasteiger partial charge >= 0.3 is 0 Å². The van der Waals surface area contributed by atoms with Crippen molar-refractivity contribution in [2.75, 3.05) is 84.1 Å². The number of rotatable bonds is 18. The van der Waals surface area contributed by atoms with Gasteiger partial charge in [-0.25, -0.2) is 29.9 Å². The van der Waals surface area contributed by atoms with Crippen LogP contribution in [0.1, 0.15) is 174 Å². The van der Waals surface area contributed by atoms with Crippen molar-refractivity contribution in [2.24, 2.45) is 0 Å². The molecule has 24 nitrogen and oxygen atoms in total. The van der Waals surface area contributed by atoms with Crippen LogP contribution in [0, 0.1) is 82.7 Å². The number of nitrogens with zero attached hydrogens (tertiary/aromatic N) is 18. The van der Waals surface area contributed by atoms with Crippen molar-refractivity contribution < 1.29 is 101 Å². The third-order valence-electron chi connectivity index (χ3n) is 20.3. The van der Waals surface area contributed by atoms with Gasteiger partial charge in [-0.05, 0) is 153 Å². The molecule has 18 aromatic rings. The van der Waals surface area contributed by atoms with Crippen molar-refractivity contribution in [3.8, 4) is 67.5 Å². The van der Waals surface area contributed by atoms with Crippen LogP contribution >= 0.6 is 0 Å². The molecule has 0 radical (unpaired) electrons. The van der Waals surface area contributed by atoms with Gasteiger partial charge in [0.25, 0.3) is 0 Å². The first-order valence-electron chi connectivity index (χ1n) is 68.2. The minimum absolute atomic E-state index is 0.0103. The van der Waals surface area contributed by atoms with Gasteiger partial charge in [-0.2, -0.15) is 0 Å². The lowest BCUT2D eigenvalue weighted by atomic mass is 10.1. The lowest BCUT2D eigenvalue weighted by molar-refractivity contribution is -0.128. The summed E-state index contributed by atoms with van der Waals surface area (Å²) in [6, 6.07) is 40.4. The monoisotopic (exact) mass is 1900 g/mol. The molecule has 708 valence electrons. The normalized spacial score (nSPS) is 18.2. The quantitative estimate of drug-likeness (QED) is 0.0782. The summed E-state index contributed by atoms with van der Waals surface area (Å²) in [6.45, 7) is -17.5. The summed E-state index contributed by atoms with van der Waals surface area (Å²) in [5.74, 6) is -7.91. The van der Waals surface area contributed by atoms with Crippen LogP contribution in [0.3, 0.4) is 0 Å². The zero-order chi connectivity index (χ0) is 145. The van der Waals surface area contributed by atoms with E-state index in [9.17, 15) is 28.8 Å². The summed E-state index contributed by atoms with van der Waals surface area (Å²) in [6.07, 6.45) is -8.94. The second kappa shape index (κ2) is 43.7. The van der Waals surface area contributed by atoms with E-state index < -0.39 is 203 Å². The van der Waals surface area contributed by atoms with E-state index in [1.54, 1.807) is 80.8 Å². The van der Waals surface area contributed by atoms with Crippen molar-refractivity contribution in [1.82, 2.24) is 85.7 Å². The van der Waals surface area contributed by atoms with Gasteiger partial charge in [-0.1, -0.05) is 215 Å². The van der Waals surface area contributed by atoms with Crippen molar-refractivity contribution in [3.05, 3.63) is 356 Å². The zero-order valence-electron chi connectivity index (χ0n) is 130. The minimum atomic E-state index is -3.13. The molecule has 0 atom stereocenters. The lowest BCUT2D eigenvalue weighted by Crippen LogP contribution is -2.24. The average molecular weight is 1900 g/mol.